The predicted molar refractivity (Wildman–Crippen MR) is 67.0 cm³/mol. The van der Waals surface area contributed by atoms with Gasteiger partial charge in [-0.1, -0.05) is 20.8 Å². The number of carbonyl (C=O) groups is 1. The van der Waals surface area contributed by atoms with Gasteiger partial charge in [0.25, 0.3) is 0 Å². The zero-order valence-electron chi connectivity index (χ0n) is 10.6. The highest BCUT2D eigenvalue weighted by Crippen LogP contribution is 2.14. The van der Waals surface area contributed by atoms with E-state index >= 15 is 0 Å². The minimum atomic E-state index is -0.333. The normalized spacial score (nSPS) is 12.5. The molecule has 0 spiro atoms. The first-order chi connectivity index (χ1) is 7.99. The van der Waals surface area contributed by atoms with Crippen LogP contribution in [0.4, 0.5) is 0 Å². The van der Waals surface area contributed by atoms with Crippen molar-refractivity contribution in [3.63, 3.8) is 0 Å². The molecule has 3 nitrogen and oxygen atoms in total. The molecule has 1 rings (SSSR count). The van der Waals surface area contributed by atoms with Crippen LogP contribution >= 0.6 is 0 Å². The van der Waals surface area contributed by atoms with Gasteiger partial charge in [0.2, 0.25) is 0 Å². The summed E-state index contributed by atoms with van der Waals surface area (Å²) in [4.78, 5) is 11.6. The summed E-state index contributed by atoms with van der Waals surface area (Å²) < 4.78 is 5.21. The smallest absolute Gasteiger partial charge is 0.338 e. The minimum Gasteiger partial charge on any atom is -0.508 e. The molecule has 0 aliphatic rings. The van der Waals surface area contributed by atoms with Crippen molar-refractivity contribution >= 4 is 5.97 Å². The molecular weight excluding hydrogens is 216 g/mol. The molecule has 17 heavy (non-hydrogen) atoms. The number of ether oxygens (including phenoxy) is 1. The second-order valence-corrected chi connectivity index (χ2v) is 4.88. The van der Waals surface area contributed by atoms with E-state index < -0.39 is 0 Å². The zero-order chi connectivity index (χ0) is 12.8. The third-order valence-electron chi connectivity index (χ3n) is 2.48. The van der Waals surface area contributed by atoms with Gasteiger partial charge in [-0.2, -0.15) is 0 Å². The van der Waals surface area contributed by atoms with Crippen LogP contribution in [0.25, 0.3) is 0 Å². The molecular formula is C14H20O3. The van der Waals surface area contributed by atoms with Crippen LogP contribution in [-0.4, -0.2) is 17.7 Å². The summed E-state index contributed by atoms with van der Waals surface area (Å²) in [6.45, 7) is 6.82. The van der Waals surface area contributed by atoms with E-state index in [0.29, 0.717) is 24.0 Å². The molecule has 0 bridgehead atoms. The van der Waals surface area contributed by atoms with Crippen LogP contribution < -0.4 is 0 Å². The van der Waals surface area contributed by atoms with E-state index in [1.165, 1.54) is 12.1 Å². The fraction of sp³-hybridized carbons (Fsp3) is 0.500. The molecule has 0 heterocycles. The van der Waals surface area contributed by atoms with E-state index in [9.17, 15) is 4.79 Å². The monoisotopic (exact) mass is 236 g/mol. The highest BCUT2D eigenvalue weighted by molar-refractivity contribution is 5.89. The highest BCUT2D eigenvalue weighted by atomic mass is 16.5. The molecule has 0 amide bonds. The Morgan fingerprint density at radius 2 is 1.82 bits per heavy atom. The molecule has 0 radical (unpaired) electrons. The second-order valence-electron chi connectivity index (χ2n) is 4.88. The van der Waals surface area contributed by atoms with Crippen LogP contribution in [0.3, 0.4) is 0 Å². The standard InChI is InChI=1S/C14H20O3/c1-10(2)8-11(3)9-17-14(16)12-4-6-13(15)7-5-12/h4-7,10-11,15H,8-9H2,1-3H3. The maximum absolute atomic E-state index is 11.6. The Kier molecular flexibility index (Phi) is 5.01. The molecule has 0 saturated carbocycles. The first kappa shape index (κ1) is 13.6. The van der Waals surface area contributed by atoms with Gasteiger partial charge in [0.15, 0.2) is 0 Å². The molecule has 1 aromatic carbocycles. The Hall–Kier alpha value is -1.51. The summed E-state index contributed by atoms with van der Waals surface area (Å²) in [5.74, 6) is 0.795. The summed E-state index contributed by atoms with van der Waals surface area (Å²) in [5, 5.41) is 9.10. The molecule has 0 aliphatic carbocycles. The van der Waals surface area contributed by atoms with Crippen LogP contribution in [-0.2, 0) is 4.74 Å². The van der Waals surface area contributed by atoms with E-state index in [1.807, 2.05) is 0 Å². The number of carbonyl (C=O) groups excluding carboxylic acids is 1. The number of benzene rings is 1. The van der Waals surface area contributed by atoms with Crippen molar-refractivity contribution in [1.29, 1.82) is 0 Å². The number of phenolic OH excluding ortho intramolecular Hbond substituents is 1. The fourth-order valence-electron chi connectivity index (χ4n) is 1.77. The maximum Gasteiger partial charge on any atom is 0.338 e. The first-order valence-electron chi connectivity index (χ1n) is 5.95. The van der Waals surface area contributed by atoms with Gasteiger partial charge in [-0.25, -0.2) is 4.79 Å². The average molecular weight is 236 g/mol. The lowest BCUT2D eigenvalue weighted by Gasteiger charge is -2.14. The van der Waals surface area contributed by atoms with Crippen LogP contribution in [0.2, 0.25) is 0 Å². The molecule has 1 aromatic rings. The minimum absolute atomic E-state index is 0.148. The second kappa shape index (κ2) is 6.28. The van der Waals surface area contributed by atoms with Crippen LogP contribution in [0, 0.1) is 11.8 Å². The van der Waals surface area contributed by atoms with Crippen molar-refractivity contribution in [3.05, 3.63) is 29.8 Å². The molecule has 0 aliphatic heterocycles. The Morgan fingerprint density at radius 1 is 1.24 bits per heavy atom. The number of esters is 1. The number of rotatable bonds is 5. The lowest BCUT2D eigenvalue weighted by atomic mass is 10.00. The molecule has 94 valence electrons. The molecule has 1 atom stereocenters. The van der Waals surface area contributed by atoms with Crippen molar-refractivity contribution in [2.75, 3.05) is 6.61 Å². The SMILES string of the molecule is CC(C)CC(C)COC(=O)c1ccc(O)cc1. The van der Waals surface area contributed by atoms with Gasteiger partial charge in [-0.05, 0) is 42.5 Å². The van der Waals surface area contributed by atoms with Gasteiger partial charge < -0.3 is 9.84 Å². The Balaban J connectivity index is 2.42. The van der Waals surface area contributed by atoms with E-state index in [-0.39, 0.29) is 11.7 Å². The van der Waals surface area contributed by atoms with Crippen molar-refractivity contribution < 1.29 is 14.6 Å². The lowest BCUT2D eigenvalue weighted by Crippen LogP contribution is -2.13. The largest absolute Gasteiger partial charge is 0.508 e. The summed E-state index contributed by atoms with van der Waals surface area (Å²) in [6.07, 6.45) is 1.04. The van der Waals surface area contributed by atoms with E-state index in [1.54, 1.807) is 12.1 Å². The van der Waals surface area contributed by atoms with Crippen LogP contribution in [0.15, 0.2) is 24.3 Å². The topological polar surface area (TPSA) is 46.5 Å². The van der Waals surface area contributed by atoms with Gasteiger partial charge >= 0.3 is 5.97 Å². The van der Waals surface area contributed by atoms with E-state index in [4.69, 9.17) is 9.84 Å². The highest BCUT2D eigenvalue weighted by Gasteiger charge is 2.10. The molecule has 0 fully saturated rings. The third-order valence-corrected chi connectivity index (χ3v) is 2.48. The molecule has 0 saturated heterocycles. The van der Waals surface area contributed by atoms with Crippen molar-refractivity contribution in [2.24, 2.45) is 11.8 Å². The molecule has 1 N–H and O–H groups in total. The number of hydrogen-bond donors (Lipinski definition) is 1. The molecule has 0 aromatic heterocycles. The van der Waals surface area contributed by atoms with Crippen molar-refractivity contribution in [1.82, 2.24) is 0 Å². The summed E-state index contributed by atoms with van der Waals surface area (Å²) in [7, 11) is 0. The fourth-order valence-corrected chi connectivity index (χ4v) is 1.77. The van der Waals surface area contributed by atoms with E-state index in [2.05, 4.69) is 20.8 Å². The van der Waals surface area contributed by atoms with Gasteiger partial charge in [0.05, 0.1) is 12.2 Å². The van der Waals surface area contributed by atoms with E-state index in [0.717, 1.165) is 6.42 Å². The summed E-state index contributed by atoms with van der Waals surface area (Å²) >= 11 is 0. The van der Waals surface area contributed by atoms with Gasteiger partial charge in [-0.3, -0.25) is 0 Å². The van der Waals surface area contributed by atoms with Crippen molar-refractivity contribution in [3.8, 4) is 5.75 Å². The first-order valence-corrected chi connectivity index (χ1v) is 5.95. The molecule has 3 heteroatoms. The Labute approximate surface area is 102 Å². The number of hydrogen-bond acceptors (Lipinski definition) is 3. The Morgan fingerprint density at radius 3 is 2.35 bits per heavy atom. The third kappa shape index (κ3) is 4.89. The summed E-state index contributed by atoms with van der Waals surface area (Å²) in [6, 6.07) is 6.08. The van der Waals surface area contributed by atoms with Crippen LogP contribution in [0.1, 0.15) is 37.6 Å². The lowest BCUT2D eigenvalue weighted by molar-refractivity contribution is 0.0436. The van der Waals surface area contributed by atoms with Gasteiger partial charge in [0, 0.05) is 0 Å². The quantitative estimate of drug-likeness (QED) is 0.798. The van der Waals surface area contributed by atoms with Gasteiger partial charge in [-0.15, -0.1) is 0 Å². The van der Waals surface area contributed by atoms with Crippen molar-refractivity contribution in [2.45, 2.75) is 27.2 Å². The maximum atomic E-state index is 11.6. The predicted octanol–water partition coefficient (Wildman–Crippen LogP) is 3.23. The zero-order valence-corrected chi connectivity index (χ0v) is 10.6. The Bertz CT molecular complexity index is 354. The number of phenols is 1. The molecule has 1 unspecified atom stereocenters. The average Bonchev–Trinajstić information content (AvgIpc) is 2.26. The van der Waals surface area contributed by atoms with Gasteiger partial charge in [0.1, 0.15) is 5.75 Å². The summed E-state index contributed by atoms with van der Waals surface area (Å²) in [5.41, 5.74) is 0.472. The number of aromatic hydroxyl groups is 1. The van der Waals surface area contributed by atoms with Crippen LogP contribution in [0.5, 0.6) is 5.75 Å².